The molecule has 0 aromatic heterocycles. The Morgan fingerprint density at radius 2 is 1.84 bits per heavy atom. The van der Waals surface area contributed by atoms with Crippen LogP contribution >= 0.6 is 23.2 Å². The van der Waals surface area contributed by atoms with E-state index in [0.29, 0.717) is 28.1 Å². The predicted octanol–water partition coefficient (Wildman–Crippen LogP) is 4.54. The Morgan fingerprint density at radius 1 is 1.11 bits per heavy atom. The lowest BCUT2D eigenvalue weighted by Gasteiger charge is -2.08. The molecule has 96 valence electrons. The van der Waals surface area contributed by atoms with Gasteiger partial charge in [0.1, 0.15) is 12.4 Å². The average Bonchev–Trinajstić information content (AvgIpc) is 2.40. The van der Waals surface area contributed by atoms with E-state index < -0.39 is 0 Å². The zero-order valence-electron chi connectivity index (χ0n) is 9.77. The number of isocyanates is 1. The summed E-state index contributed by atoms with van der Waals surface area (Å²) < 4.78 is 5.58. The van der Waals surface area contributed by atoms with Crippen LogP contribution in [0, 0.1) is 0 Å². The molecule has 0 atom stereocenters. The number of benzene rings is 2. The van der Waals surface area contributed by atoms with Crippen molar-refractivity contribution in [1.29, 1.82) is 0 Å². The van der Waals surface area contributed by atoms with Gasteiger partial charge in [0.15, 0.2) is 0 Å². The van der Waals surface area contributed by atoms with Gasteiger partial charge in [-0.25, -0.2) is 4.79 Å². The Labute approximate surface area is 120 Å². The highest BCUT2D eigenvalue weighted by molar-refractivity contribution is 6.35. The summed E-state index contributed by atoms with van der Waals surface area (Å²) in [6.45, 7) is 0.340. The van der Waals surface area contributed by atoms with E-state index in [1.54, 1.807) is 36.4 Å². The first-order valence-corrected chi connectivity index (χ1v) is 6.19. The second kappa shape index (κ2) is 6.39. The lowest BCUT2D eigenvalue weighted by Crippen LogP contribution is -1.95. The number of ether oxygens (including phenoxy) is 1. The summed E-state index contributed by atoms with van der Waals surface area (Å²) in [5, 5.41) is 1.15. The summed E-state index contributed by atoms with van der Waals surface area (Å²) in [5.41, 5.74) is 1.38. The van der Waals surface area contributed by atoms with Crippen LogP contribution in [0.2, 0.25) is 10.0 Å². The summed E-state index contributed by atoms with van der Waals surface area (Å²) in [6.07, 6.45) is 1.48. The fourth-order valence-corrected chi connectivity index (χ4v) is 1.93. The van der Waals surface area contributed by atoms with Gasteiger partial charge in [-0.05, 0) is 36.4 Å². The Balaban J connectivity index is 2.03. The molecule has 0 radical (unpaired) electrons. The van der Waals surface area contributed by atoms with Crippen LogP contribution in [-0.2, 0) is 11.4 Å². The molecule has 0 N–H and O–H groups in total. The molecule has 0 bridgehead atoms. The average molecular weight is 294 g/mol. The van der Waals surface area contributed by atoms with Gasteiger partial charge in [-0.2, -0.15) is 4.99 Å². The second-order valence-electron chi connectivity index (χ2n) is 3.72. The summed E-state index contributed by atoms with van der Waals surface area (Å²) in [4.78, 5) is 13.6. The Hall–Kier alpha value is -1.80. The molecule has 2 aromatic rings. The lowest BCUT2D eigenvalue weighted by molar-refractivity contribution is 0.306. The van der Waals surface area contributed by atoms with Crippen LogP contribution in [0.4, 0.5) is 5.69 Å². The number of aliphatic imine (C=N–C) groups is 1. The number of rotatable bonds is 4. The quantitative estimate of drug-likeness (QED) is 0.613. The molecular weight excluding hydrogens is 285 g/mol. The molecule has 2 rings (SSSR count). The van der Waals surface area contributed by atoms with Gasteiger partial charge in [0, 0.05) is 15.6 Å². The molecule has 19 heavy (non-hydrogen) atoms. The van der Waals surface area contributed by atoms with Crippen molar-refractivity contribution >= 4 is 35.0 Å². The summed E-state index contributed by atoms with van der Waals surface area (Å²) in [6, 6.07) is 12.0. The van der Waals surface area contributed by atoms with Crippen molar-refractivity contribution in [3.8, 4) is 5.75 Å². The van der Waals surface area contributed by atoms with Gasteiger partial charge < -0.3 is 4.74 Å². The van der Waals surface area contributed by atoms with Gasteiger partial charge >= 0.3 is 0 Å². The molecule has 0 aliphatic carbocycles. The van der Waals surface area contributed by atoms with Gasteiger partial charge in [-0.15, -0.1) is 0 Å². The minimum atomic E-state index is 0.340. The van der Waals surface area contributed by atoms with Crippen molar-refractivity contribution in [3.63, 3.8) is 0 Å². The number of halogens is 2. The Kier molecular flexibility index (Phi) is 4.58. The van der Waals surface area contributed by atoms with Crippen LogP contribution in [0.5, 0.6) is 5.75 Å². The SMILES string of the molecule is O=C=Nc1ccc(OCc2ccc(Cl)cc2Cl)cc1. The minimum absolute atomic E-state index is 0.340. The van der Waals surface area contributed by atoms with Crippen LogP contribution in [0.1, 0.15) is 5.56 Å². The number of hydrogen-bond acceptors (Lipinski definition) is 3. The van der Waals surface area contributed by atoms with E-state index in [1.165, 1.54) is 6.08 Å². The highest BCUT2D eigenvalue weighted by atomic mass is 35.5. The third-order valence-electron chi connectivity index (χ3n) is 2.42. The number of carbonyl (C=O) groups excluding carboxylic acids is 1. The topological polar surface area (TPSA) is 38.7 Å². The molecule has 2 aromatic carbocycles. The molecule has 0 amide bonds. The molecular formula is C14H9Cl2NO2. The van der Waals surface area contributed by atoms with Crippen molar-refractivity contribution in [1.82, 2.24) is 0 Å². The van der Waals surface area contributed by atoms with Gasteiger partial charge in [-0.1, -0.05) is 29.3 Å². The first-order valence-electron chi connectivity index (χ1n) is 5.44. The summed E-state index contributed by atoms with van der Waals surface area (Å²) in [7, 11) is 0. The van der Waals surface area contributed by atoms with Crippen molar-refractivity contribution < 1.29 is 9.53 Å². The fraction of sp³-hybridized carbons (Fsp3) is 0.0714. The summed E-state index contributed by atoms with van der Waals surface area (Å²) in [5.74, 6) is 0.663. The van der Waals surface area contributed by atoms with Crippen molar-refractivity contribution in [3.05, 3.63) is 58.1 Å². The normalized spacial score (nSPS) is 9.79. The molecule has 0 saturated carbocycles. The fourth-order valence-electron chi connectivity index (χ4n) is 1.47. The molecule has 0 saturated heterocycles. The van der Waals surface area contributed by atoms with Gasteiger partial charge in [0.2, 0.25) is 6.08 Å². The van der Waals surface area contributed by atoms with Crippen molar-refractivity contribution in [2.45, 2.75) is 6.61 Å². The first kappa shape index (κ1) is 13.6. The maximum atomic E-state index is 10.1. The zero-order valence-corrected chi connectivity index (χ0v) is 11.3. The number of hydrogen-bond donors (Lipinski definition) is 0. The van der Waals surface area contributed by atoms with E-state index in [9.17, 15) is 4.79 Å². The van der Waals surface area contributed by atoms with Crippen LogP contribution < -0.4 is 4.74 Å². The van der Waals surface area contributed by atoms with Crippen LogP contribution in [0.25, 0.3) is 0 Å². The minimum Gasteiger partial charge on any atom is -0.489 e. The van der Waals surface area contributed by atoms with Crippen LogP contribution in [0.3, 0.4) is 0 Å². The highest BCUT2D eigenvalue weighted by Crippen LogP contribution is 2.23. The third-order valence-corrected chi connectivity index (χ3v) is 3.01. The Morgan fingerprint density at radius 3 is 2.47 bits per heavy atom. The van der Waals surface area contributed by atoms with Crippen LogP contribution in [-0.4, -0.2) is 6.08 Å². The maximum Gasteiger partial charge on any atom is 0.240 e. The largest absolute Gasteiger partial charge is 0.489 e. The Bertz CT molecular complexity index is 620. The molecule has 5 heteroatoms. The van der Waals surface area contributed by atoms with E-state index in [4.69, 9.17) is 27.9 Å². The number of nitrogens with zero attached hydrogens (tertiary/aromatic N) is 1. The molecule has 0 fully saturated rings. The van der Waals surface area contributed by atoms with Gasteiger partial charge in [0.05, 0.1) is 5.69 Å². The molecule has 0 unspecified atom stereocenters. The smallest absolute Gasteiger partial charge is 0.240 e. The zero-order chi connectivity index (χ0) is 13.7. The molecule has 0 aliphatic rings. The standard InChI is InChI=1S/C14H9Cl2NO2/c15-11-2-1-10(14(16)7-11)8-19-13-5-3-12(4-6-13)17-9-18/h1-7H,8H2. The van der Waals surface area contributed by atoms with E-state index in [1.807, 2.05) is 6.07 Å². The second-order valence-corrected chi connectivity index (χ2v) is 4.57. The first-order chi connectivity index (χ1) is 9.19. The van der Waals surface area contributed by atoms with E-state index in [2.05, 4.69) is 4.99 Å². The van der Waals surface area contributed by atoms with Crippen LogP contribution in [0.15, 0.2) is 47.5 Å². The van der Waals surface area contributed by atoms with Crippen molar-refractivity contribution in [2.75, 3.05) is 0 Å². The maximum absolute atomic E-state index is 10.1. The summed E-state index contributed by atoms with van der Waals surface area (Å²) >= 11 is 11.9. The molecule has 3 nitrogen and oxygen atoms in total. The molecule has 0 heterocycles. The highest BCUT2D eigenvalue weighted by Gasteiger charge is 2.02. The molecule has 0 aliphatic heterocycles. The lowest BCUT2D eigenvalue weighted by atomic mass is 10.2. The van der Waals surface area contributed by atoms with Gasteiger partial charge in [0.25, 0.3) is 0 Å². The predicted molar refractivity (Wildman–Crippen MR) is 75.0 cm³/mol. The van der Waals surface area contributed by atoms with Gasteiger partial charge in [-0.3, -0.25) is 0 Å². The third kappa shape index (κ3) is 3.83. The van der Waals surface area contributed by atoms with E-state index in [-0.39, 0.29) is 0 Å². The van der Waals surface area contributed by atoms with Crippen molar-refractivity contribution in [2.24, 2.45) is 4.99 Å². The molecule has 0 spiro atoms. The monoisotopic (exact) mass is 293 g/mol. The van der Waals surface area contributed by atoms with E-state index >= 15 is 0 Å². The van der Waals surface area contributed by atoms with E-state index in [0.717, 1.165) is 5.56 Å².